The maximum absolute atomic E-state index is 11.9. The molecule has 10 nitrogen and oxygen atoms in total. The highest BCUT2D eigenvalue weighted by atomic mass is 16.6. The molecule has 1 aromatic heterocycles. The molecule has 0 bridgehead atoms. The molecule has 4 atom stereocenters. The number of aliphatic hydroxyl groups excluding tert-OH is 4. The summed E-state index contributed by atoms with van der Waals surface area (Å²) in [5.41, 5.74) is 4.56. The van der Waals surface area contributed by atoms with Crippen LogP contribution in [0.5, 0.6) is 0 Å². The molecule has 1 aromatic rings. The number of aromatic nitrogens is 2. The van der Waals surface area contributed by atoms with Gasteiger partial charge in [0.15, 0.2) is 6.23 Å². The fourth-order valence-electron chi connectivity index (χ4n) is 1.99. The van der Waals surface area contributed by atoms with Gasteiger partial charge < -0.3 is 30.6 Å². The Hall–Kier alpha value is -1.56. The van der Waals surface area contributed by atoms with Crippen molar-refractivity contribution >= 4 is 5.82 Å². The summed E-state index contributed by atoms with van der Waals surface area (Å²) < 4.78 is 6.27. The minimum atomic E-state index is -1.34. The molecule has 6 N–H and O–H groups in total. The monoisotopic (exact) mass is 302 g/mol. The first-order chi connectivity index (χ1) is 10.1. The molecular weight excluding hydrogens is 284 g/mol. The Labute approximate surface area is 119 Å². The van der Waals surface area contributed by atoms with Crippen LogP contribution in [0.4, 0.5) is 5.82 Å². The average Bonchev–Trinajstić information content (AvgIpc) is 2.76. The second kappa shape index (κ2) is 6.93. The SMILES string of the molecule is O=c1nc(NNCCO)ccn1[C@@H]1O[C@H](CO)[C@@H](O)[C@H]1O. The molecule has 0 radical (unpaired) electrons. The summed E-state index contributed by atoms with van der Waals surface area (Å²) in [6, 6.07) is 1.46. The summed E-state index contributed by atoms with van der Waals surface area (Å²) in [4.78, 5) is 15.6. The van der Waals surface area contributed by atoms with Crippen molar-refractivity contribution in [2.45, 2.75) is 24.5 Å². The van der Waals surface area contributed by atoms with Gasteiger partial charge in [-0.15, -0.1) is 0 Å². The van der Waals surface area contributed by atoms with Crippen molar-refractivity contribution in [3.63, 3.8) is 0 Å². The molecule has 0 spiro atoms. The Balaban J connectivity index is 2.12. The fraction of sp³-hybridized carbons (Fsp3) is 0.636. The van der Waals surface area contributed by atoms with Gasteiger partial charge >= 0.3 is 5.69 Å². The van der Waals surface area contributed by atoms with Crippen molar-refractivity contribution in [2.75, 3.05) is 25.2 Å². The predicted octanol–water partition coefficient (Wildman–Crippen LogP) is -3.24. The van der Waals surface area contributed by atoms with Crippen LogP contribution in [0.1, 0.15) is 6.23 Å². The van der Waals surface area contributed by atoms with Crippen LogP contribution < -0.4 is 16.5 Å². The van der Waals surface area contributed by atoms with Gasteiger partial charge in [-0.3, -0.25) is 4.57 Å². The predicted molar refractivity (Wildman–Crippen MR) is 70.2 cm³/mol. The smallest absolute Gasteiger partial charge is 0.351 e. The summed E-state index contributed by atoms with van der Waals surface area (Å²) in [6.45, 7) is -0.270. The van der Waals surface area contributed by atoms with Crippen molar-refractivity contribution in [3.05, 3.63) is 22.7 Å². The van der Waals surface area contributed by atoms with E-state index in [4.69, 9.17) is 14.9 Å². The second-order valence-electron chi connectivity index (χ2n) is 4.51. The van der Waals surface area contributed by atoms with Gasteiger partial charge in [0.1, 0.15) is 24.1 Å². The number of hydrogen-bond donors (Lipinski definition) is 6. The second-order valence-corrected chi connectivity index (χ2v) is 4.51. The minimum absolute atomic E-state index is 0.0768. The standard InChI is InChI=1S/C11H18N4O6/c16-4-2-12-14-7-1-3-15(11(20)13-7)10-9(19)8(18)6(5-17)21-10/h1,3,6,8-10,12,16-19H,2,4-5H2,(H,13,14,20)/t6-,8-,9-,10-/m1/s1. The van der Waals surface area contributed by atoms with E-state index in [-0.39, 0.29) is 19.0 Å². The van der Waals surface area contributed by atoms with E-state index in [1.54, 1.807) is 0 Å². The number of ether oxygens (including phenoxy) is 1. The molecule has 1 saturated heterocycles. The molecule has 0 amide bonds. The third-order valence-electron chi connectivity index (χ3n) is 3.07. The van der Waals surface area contributed by atoms with Gasteiger partial charge in [-0.2, -0.15) is 4.98 Å². The summed E-state index contributed by atoms with van der Waals surface area (Å²) in [7, 11) is 0. The van der Waals surface area contributed by atoms with Crippen molar-refractivity contribution < 1.29 is 25.2 Å². The van der Waals surface area contributed by atoms with E-state index < -0.39 is 36.8 Å². The van der Waals surface area contributed by atoms with Crippen LogP contribution in [0.15, 0.2) is 17.1 Å². The average molecular weight is 302 g/mol. The van der Waals surface area contributed by atoms with E-state index in [1.807, 2.05) is 0 Å². The Bertz CT molecular complexity index is 524. The Morgan fingerprint density at radius 1 is 1.33 bits per heavy atom. The van der Waals surface area contributed by atoms with Crippen molar-refractivity contribution in [1.82, 2.24) is 15.0 Å². The molecular formula is C11H18N4O6. The van der Waals surface area contributed by atoms with Gasteiger partial charge in [-0.1, -0.05) is 0 Å². The molecule has 1 aliphatic heterocycles. The number of anilines is 1. The highest BCUT2D eigenvalue weighted by molar-refractivity contribution is 5.30. The van der Waals surface area contributed by atoms with Crippen LogP contribution in [0.25, 0.3) is 0 Å². The maximum atomic E-state index is 11.9. The summed E-state index contributed by atoms with van der Waals surface area (Å²) >= 11 is 0. The third-order valence-corrected chi connectivity index (χ3v) is 3.07. The van der Waals surface area contributed by atoms with E-state index in [2.05, 4.69) is 15.8 Å². The molecule has 0 saturated carbocycles. The van der Waals surface area contributed by atoms with Crippen LogP contribution in [-0.2, 0) is 4.74 Å². The van der Waals surface area contributed by atoms with Gasteiger partial charge in [-0.05, 0) is 6.07 Å². The van der Waals surface area contributed by atoms with Gasteiger partial charge in [0, 0.05) is 12.7 Å². The van der Waals surface area contributed by atoms with Gasteiger partial charge in [0.2, 0.25) is 0 Å². The number of hydrogen-bond acceptors (Lipinski definition) is 9. The van der Waals surface area contributed by atoms with Gasteiger partial charge in [-0.25, -0.2) is 10.2 Å². The molecule has 0 unspecified atom stereocenters. The number of nitrogens with zero attached hydrogens (tertiary/aromatic N) is 2. The molecule has 10 heteroatoms. The van der Waals surface area contributed by atoms with E-state index in [0.717, 1.165) is 4.57 Å². The maximum Gasteiger partial charge on any atom is 0.351 e. The molecule has 1 fully saturated rings. The van der Waals surface area contributed by atoms with E-state index in [1.165, 1.54) is 12.3 Å². The van der Waals surface area contributed by atoms with Crippen LogP contribution in [0, 0.1) is 0 Å². The largest absolute Gasteiger partial charge is 0.395 e. The van der Waals surface area contributed by atoms with E-state index in [9.17, 15) is 15.0 Å². The summed E-state index contributed by atoms with van der Waals surface area (Å²) in [6.07, 6.45) is -3.35. The Kier molecular flexibility index (Phi) is 5.22. The first-order valence-electron chi connectivity index (χ1n) is 6.40. The first kappa shape index (κ1) is 15.8. The van der Waals surface area contributed by atoms with Crippen LogP contribution in [0.3, 0.4) is 0 Å². The van der Waals surface area contributed by atoms with E-state index >= 15 is 0 Å². The summed E-state index contributed by atoms with van der Waals surface area (Å²) in [5.74, 6) is 0.233. The van der Waals surface area contributed by atoms with Crippen molar-refractivity contribution in [1.29, 1.82) is 0 Å². The molecule has 1 aliphatic rings. The zero-order chi connectivity index (χ0) is 15.4. The first-order valence-corrected chi connectivity index (χ1v) is 6.40. The zero-order valence-electron chi connectivity index (χ0n) is 11.1. The lowest BCUT2D eigenvalue weighted by atomic mass is 10.1. The number of hydrazine groups is 1. The van der Waals surface area contributed by atoms with Gasteiger partial charge in [0.25, 0.3) is 0 Å². The number of aliphatic hydroxyl groups is 4. The fourth-order valence-corrected chi connectivity index (χ4v) is 1.99. The molecule has 118 valence electrons. The molecule has 0 aliphatic carbocycles. The zero-order valence-corrected chi connectivity index (χ0v) is 11.1. The number of nitrogens with one attached hydrogen (secondary N) is 2. The quantitative estimate of drug-likeness (QED) is 0.235. The van der Waals surface area contributed by atoms with Gasteiger partial charge in [0.05, 0.1) is 13.2 Å². The topological polar surface area (TPSA) is 149 Å². The summed E-state index contributed by atoms with van der Waals surface area (Å²) in [5, 5.41) is 37.1. The molecule has 0 aromatic carbocycles. The van der Waals surface area contributed by atoms with Crippen LogP contribution in [-0.4, -0.2) is 68.0 Å². The Morgan fingerprint density at radius 2 is 2.10 bits per heavy atom. The Morgan fingerprint density at radius 3 is 2.67 bits per heavy atom. The normalized spacial score (nSPS) is 28.8. The molecule has 21 heavy (non-hydrogen) atoms. The van der Waals surface area contributed by atoms with Crippen LogP contribution >= 0.6 is 0 Å². The van der Waals surface area contributed by atoms with Crippen molar-refractivity contribution in [2.24, 2.45) is 0 Å². The lowest BCUT2D eigenvalue weighted by molar-refractivity contribution is -0.0549. The highest BCUT2D eigenvalue weighted by Gasteiger charge is 2.43. The van der Waals surface area contributed by atoms with Crippen molar-refractivity contribution in [3.8, 4) is 0 Å². The molecule has 2 heterocycles. The minimum Gasteiger partial charge on any atom is -0.395 e. The lowest BCUT2D eigenvalue weighted by Crippen LogP contribution is -2.36. The van der Waals surface area contributed by atoms with E-state index in [0.29, 0.717) is 0 Å². The molecule has 2 rings (SSSR count). The third kappa shape index (κ3) is 3.37. The number of rotatable bonds is 6. The lowest BCUT2D eigenvalue weighted by Gasteiger charge is -2.17. The van der Waals surface area contributed by atoms with Crippen LogP contribution in [0.2, 0.25) is 0 Å². The highest BCUT2D eigenvalue weighted by Crippen LogP contribution is 2.27.